The van der Waals surface area contributed by atoms with E-state index in [-0.39, 0.29) is 12.2 Å². The molecule has 0 radical (unpaired) electrons. The molecule has 1 fully saturated rings. The van der Waals surface area contributed by atoms with Crippen LogP contribution in [0.1, 0.15) is 35.2 Å². The fraction of sp³-hybridized carbons (Fsp3) is 0.379. The summed E-state index contributed by atoms with van der Waals surface area (Å²) in [6.07, 6.45) is 8.58. The number of aromatic nitrogens is 2. The summed E-state index contributed by atoms with van der Waals surface area (Å²) in [6.45, 7) is 4.82. The van der Waals surface area contributed by atoms with Gasteiger partial charge in [0.25, 0.3) is 5.56 Å². The van der Waals surface area contributed by atoms with Gasteiger partial charge < -0.3 is 9.64 Å². The third-order valence-corrected chi connectivity index (χ3v) is 7.18. The summed E-state index contributed by atoms with van der Waals surface area (Å²) >= 11 is 5.88. The number of pyridine rings is 2. The van der Waals surface area contributed by atoms with Gasteiger partial charge in [-0.2, -0.15) is 0 Å². The van der Waals surface area contributed by atoms with E-state index >= 15 is 0 Å². The van der Waals surface area contributed by atoms with Crippen molar-refractivity contribution in [3.8, 4) is 5.75 Å². The highest BCUT2D eigenvalue weighted by atomic mass is 35.5. The van der Waals surface area contributed by atoms with E-state index in [1.165, 1.54) is 48.8 Å². The lowest BCUT2D eigenvalue weighted by molar-refractivity contribution is 0.286. The molecule has 7 heteroatoms. The van der Waals surface area contributed by atoms with Gasteiger partial charge in [-0.05, 0) is 86.8 Å². The van der Waals surface area contributed by atoms with Gasteiger partial charge in [0.05, 0.1) is 10.7 Å². The van der Waals surface area contributed by atoms with E-state index in [1.807, 2.05) is 12.1 Å². The van der Waals surface area contributed by atoms with Crippen LogP contribution in [0.15, 0.2) is 59.7 Å². The SMILES string of the molecule is CN(C)C[C@@H]1CCN(Cc2ccc3c(c2)CCC(n2ccc(OCc4ccc(Cl)cn4)cc2=O)=C3)C1. The number of rotatable bonds is 8. The van der Waals surface area contributed by atoms with Crippen LogP contribution in [0.25, 0.3) is 11.8 Å². The molecule has 0 unspecified atom stereocenters. The van der Waals surface area contributed by atoms with Crippen molar-refractivity contribution in [2.75, 3.05) is 33.7 Å². The van der Waals surface area contributed by atoms with Gasteiger partial charge in [0.2, 0.25) is 0 Å². The van der Waals surface area contributed by atoms with E-state index in [1.54, 1.807) is 23.0 Å². The van der Waals surface area contributed by atoms with Gasteiger partial charge in [0.15, 0.2) is 0 Å². The molecule has 6 nitrogen and oxygen atoms in total. The molecule has 0 amide bonds. The Labute approximate surface area is 217 Å². The number of ether oxygens (including phenoxy) is 1. The average molecular weight is 505 g/mol. The second kappa shape index (κ2) is 11.0. The molecule has 3 heterocycles. The molecule has 1 aliphatic carbocycles. The molecule has 188 valence electrons. The lowest BCUT2D eigenvalue weighted by Gasteiger charge is -2.21. The van der Waals surface area contributed by atoms with Crippen LogP contribution in [0.5, 0.6) is 5.75 Å². The Balaban J connectivity index is 1.23. The smallest absolute Gasteiger partial charge is 0.258 e. The average Bonchev–Trinajstić information content (AvgIpc) is 3.29. The molecule has 2 aliphatic rings. The standard InChI is InChI=1S/C29H33ClN4O2/c1-32(2)17-22-9-11-33(19-22)18-21-3-4-24-14-27(8-5-23(24)13-21)34-12-10-28(15-29(34)35)36-20-26-7-6-25(30)16-31-26/h3-4,6-7,10,12-16,22H,5,8-9,11,17-20H2,1-2H3/t22-/m0/s1. The Hall–Kier alpha value is -2.93. The molecule has 1 aliphatic heterocycles. The Bertz CT molecular complexity index is 1300. The monoisotopic (exact) mass is 504 g/mol. The first-order valence-corrected chi connectivity index (χ1v) is 13.0. The van der Waals surface area contributed by atoms with Crippen molar-refractivity contribution >= 4 is 23.4 Å². The minimum atomic E-state index is -0.0933. The highest BCUT2D eigenvalue weighted by Crippen LogP contribution is 2.28. The zero-order chi connectivity index (χ0) is 25.1. The van der Waals surface area contributed by atoms with Crippen molar-refractivity contribution < 1.29 is 4.74 Å². The first kappa shape index (κ1) is 24.8. The molecule has 2 aromatic heterocycles. The van der Waals surface area contributed by atoms with Crippen LogP contribution in [-0.4, -0.2) is 53.1 Å². The minimum absolute atomic E-state index is 0.0933. The Kier molecular flexibility index (Phi) is 7.56. The molecule has 1 aromatic carbocycles. The number of aryl methyl sites for hydroxylation is 1. The van der Waals surface area contributed by atoms with Gasteiger partial charge in [0.1, 0.15) is 12.4 Å². The molecule has 1 atom stereocenters. The summed E-state index contributed by atoms with van der Waals surface area (Å²) < 4.78 is 7.48. The largest absolute Gasteiger partial charge is 0.487 e. The van der Waals surface area contributed by atoms with E-state index in [9.17, 15) is 4.79 Å². The second-order valence-electron chi connectivity index (χ2n) is 10.1. The predicted molar refractivity (Wildman–Crippen MR) is 145 cm³/mol. The van der Waals surface area contributed by atoms with Crippen molar-refractivity contribution in [3.05, 3.63) is 92.6 Å². The summed E-state index contributed by atoms with van der Waals surface area (Å²) in [5.74, 6) is 1.30. The van der Waals surface area contributed by atoms with Gasteiger partial charge >= 0.3 is 0 Å². The van der Waals surface area contributed by atoms with Crippen molar-refractivity contribution in [1.29, 1.82) is 0 Å². The molecule has 0 bridgehead atoms. The van der Waals surface area contributed by atoms with E-state index in [2.05, 4.69) is 53.2 Å². The summed E-state index contributed by atoms with van der Waals surface area (Å²) in [7, 11) is 4.32. The molecule has 3 aromatic rings. The summed E-state index contributed by atoms with van der Waals surface area (Å²) in [5.41, 5.74) is 5.62. The third kappa shape index (κ3) is 6.06. The van der Waals surface area contributed by atoms with Crippen LogP contribution >= 0.6 is 11.6 Å². The van der Waals surface area contributed by atoms with Crippen molar-refractivity contribution in [3.63, 3.8) is 0 Å². The van der Waals surface area contributed by atoms with E-state index < -0.39 is 0 Å². The van der Waals surface area contributed by atoms with Gasteiger partial charge in [0, 0.05) is 43.8 Å². The number of hydrogen-bond acceptors (Lipinski definition) is 5. The van der Waals surface area contributed by atoms with E-state index in [0.29, 0.717) is 10.8 Å². The van der Waals surface area contributed by atoms with Crippen LogP contribution in [0, 0.1) is 5.92 Å². The Morgan fingerprint density at radius 2 is 2.03 bits per heavy atom. The lowest BCUT2D eigenvalue weighted by Crippen LogP contribution is -2.25. The Morgan fingerprint density at radius 3 is 2.81 bits per heavy atom. The molecule has 0 N–H and O–H groups in total. The predicted octanol–water partition coefficient (Wildman–Crippen LogP) is 4.80. The number of benzene rings is 1. The van der Waals surface area contributed by atoms with Crippen LogP contribution in [0.2, 0.25) is 5.02 Å². The third-order valence-electron chi connectivity index (χ3n) is 6.96. The molecule has 0 saturated carbocycles. The number of halogens is 1. The van der Waals surface area contributed by atoms with Crippen LogP contribution < -0.4 is 10.3 Å². The number of hydrogen-bond donors (Lipinski definition) is 0. The fourth-order valence-electron chi connectivity index (χ4n) is 5.24. The Morgan fingerprint density at radius 1 is 1.14 bits per heavy atom. The van der Waals surface area contributed by atoms with Gasteiger partial charge in [-0.1, -0.05) is 29.8 Å². The van der Waals surface area contributed by atoms with Crippen molar-refractivity contribution in [2.45, 2.75) is 32.4 Å². The summed E-state index contributed by atoms with van der Waals surface area (Å²) in [4.78, 5) is 21.9. The normalized spacial score (nSPS) is 17.8. The highest BCUT2D eigenvalue weighted by Gasteiger charge is 2.23. The van der Waals surface area contributed by atoms with Crippen molar-refractivity contribution in [2.24, 2.45) is 5.92 Å². The van der Waals surface area contributed by atoms with Gasteiger partial charge in [-0.3, -0.25) is 19.2 Å². The molecule has 5 rings (SSSR count). The number of fused-ring (bicyclic) bond motifs is 1. The first-order chi connectivity index (χ1) is 17.4. The summed E-state index contributed by atoms with van der Waals surface area (Å²) in [6, 6.07) is 13.8. The number of nitrogens with zero attached hydrogens (tertiary/aromatic N) is 4. The lowest BCUT2D eigenvalue weighted by atomic mass is 9.93. The quantitative estimate of drug-likeness (QED) is 0.441. The van der Waals surface area contributed by atoms with E-state index in [4.69, 9.17) is 16.3 Å². The first-order valence-electron chi connectivity index (χ1n) is 12.6. The van der Waals surface area contributed by atoms with Gasteiger partial charge in [-0.25, -0.2) is 0 Å². The highest BCUT2D eigenvalue weighted by molar-refractivity contribution is 6.30. The zero-order valence-corrected chi connectivity index (χ0v) is 21.7. The summed E-state index contributed by atoms with van der Waals surface area (Å²) in [5, 5.41) is 0.584. The fourth-order valence-corrected chi connectivity index (χ4v) is 5.35. The van der Waals surface area contributed by atoms with Crippen LogP contribution in [0.4, 0.5) is 0 Å². The molecular formula is C29H33ClN4O2. The zero-order valence-electron chi connectivity index (χ0n) is 21.0. The number of likely N-dealkylation sites (tertiary alicyclic amines) is 1. The molecule has 1 saturated heterocycles. The maximum absolute atomic E-state index is 12.8. The van der Waals surface area contributed by atoms with Crippen molar-refractivity contribution in [1.82, 2.24) is 19.4 Å². The van der Waals surface area contributed by atoms with Crippen LogP contribution in [-0.2, 0) is 19.6 Å². The molecule has 36 heavy (non-hydrogen) atoms. The minimum Gasteiger partial charge on any atom is -0.487 e. The van der Waals surface area contributed by atoms with Gasteiger partial charge in [-0.15, -0.1) is 0 Å². The topological polar surface area (TPSA) is 50.6 Å². The maximum atomic E-state index is 12.8. The molecular weight excluding hydrogens is 472 g/mol. The molecule has 0 spiro atoms. The second-order valence-corrected chi connectivity index (χ2v) is 10.6. The van der Waals surface area contributed by atoms with E-state index in [0.717, 1.165) is 36.7 Å². The van der Waals surface area contributed by atoms with Crippen LogP contribution in [0.3, 0.4) is 0 Å². The number of allylic oxidation sites excluding steroid dienone is 1. The maximum Gasteiger partial charge on any atom is 0.258 e.